The Morgan fingerprint density at radius 1 is 1.39 bits per heavy atom. The third-order valence-electron chi connectivity index (χ3n) is 2.67. The zero-order chi connectivity index (χ0) is 13.1. The fraction of sp³-hybridized carbons (Fsp3) is 0.231. The van der Waals surface area contributed by atoms with Gasteiger partial charge in [-0.1, -0.05) is 18.2 Å². The fourth-order valence-electron chi connectivity index (χ4n) is 1.90. The Hall–Kier alpha value is -2.14. The molecule has 0 aliphatic heterocycles. The molecule has 0 spiro atoms. The quantitative estimate of drug-likeness (QED) is 0.799. The minimum atomic E-state index is -0.714. The number of carbonyl (C=O) groups is 1. The number of H-pyrrole nitrogens is 1. The van der Waals surface area contributed by atoms with Gasteiger partial charge < -0.3 is 14.8 Å². The van der Waals surface area contributed by atoms with Crippen LogP contribution in [0, 0.1) is 0 Å². The maximum absolute atomic E-state index is 11.9. The SMILES string of the molecule is CCOC(=O)c1c(CO)c2ccccc2[nH]c1=O. The van der Waals surface area contributed by atoms with Crippen LogP contribution in [-0.2, 0) is 11.3 Å². The van der Waals surface area contributed by atoms with E-state index in [2.05, 4.69) is 4.98 Å². The van der Waals surface area contributed by atoms with Gasteiger partial charge in [-0.2, -0.15) is 0 Å². The van der Waals surface area contributed by atoms with E-state index in [1.54, 1.807) is 31.2 Å². The number of nitrogens with one attached hydrogen (secondary N) is 1. The smallest absolute Gasteiger partial charge is 0.344 e. The van der Waals surface area contributed by atoms with Gasteiger partial charge in [0.05, 0.1) is 13.2 Å². The third-order valence-corrected chi connectivity index (χ3v) is 2.67. The molecular weight excluding hydrogens is 234 g/mol. The molecule has 18 heavy (non-hydrogen) atoms. The molecule has 1 aromatic heterocycles. The van der Waals surface area contributed by atoms with E-state index in [9.17, 15) is 14.7 Å². The third kappa shape index (κ3) is 2.00. The first-order valence-electron chi connectivity index (χ1n) is 5.61. The molecule has 94 valence electrons. The number of para-hydroxylation sites is 1. The molecule has 0 bridgehead atoms. The number of benzene rings is 1. The van der Waals surface area contributed by atoms with Gasteiger partial charge in [0.2, 0.25) is 0 Å². The van der Waals surface area contributed by atoms with Crippen molar-refractivity contribution in [2.45, 2.75) is 13.5 Å². The van der Waals surface area contributed by atoms with Crippen molar-refractivity contribution in [3.05, 3.63) is 45.7 Å². The summed E-state index contributed by atoms with van der Waals surface area (Å²) in [5.41, 5.74) is 0.210. The normalized spacial score (nSPS) is 10.6. The summed E-state index contributed by atoms with van der Waals surface area (Å²) in [5, 5.41) is 10.0. The van der Waals surface area contributed by atoms with Crippen LogP contribution in [0.4, 0.5) is 0 Å². The van der Waals surface area contributed by atoms with E-state index in [1.807, 2.05) is 0 Å². The first kappa shape index (κ1) is 12.3. The first-order valence-corrected chi connectivity index (χ1v) is 5.61. The molecule has 2 aromatic rings. The van der Waals surface area contributed by atoms with E-state index in [4.69, 9.17) is 4.74 Å². The van der Waals surface area contributed by atoms with Crippen LogP contribution in [-0.4, -0.2) is 22.7 Å². The fourth-order valence-corrected chi connectivity index (χ4v) is 1.90. The highest BCUT2D eigenvalue weighted by atomic mass is 16.5. The van der Waals surface area contributed by atoms with Crippen molar-refractivity contribution in [2.75, 3.05) is 6.61 Å². The lowest BCUT2D eigenvalue weighted by atomic mass is 10.0. The molecule has 5 heteroatoms. The van der Waals surface area contributed by atoms with Gasteiger partial charge in [0.15, 0.2) is 0 Å². The standard InChI is InChI=1S/C13H13NO4/c1-2-18-13(17)11-9(7-15)8-5-3-4-6-10(8)14-12(11)16/h3-6,15H,2,7H2,1H3,(H,14,16). The van der Waals surface area contributed by atoms with E-state index in [0.29, 0.717) is 16.5 Å². The maximum Gasteiger partial charge on any atom is 0.344 e. The van der Waals surface area contributed by atoms with Crippen LogP contribution >= 0.6 is 0 Å². The Morgan fingerprint density at radius 3 is 2.78 bits per heavy atom. The number of ether oxygens (including phenoxy) is 1. The molecule has 0 saturated carbocycles. The van der Waals surface area contributed by atoms with Gasteiger partial charge in [-0.05, 0) is 13.0 Å². The Kier molecular flexibility index (Phi) is 3.43. The van der Waals surface area contributed by atoms with E-state index < -0.39 is 18.1 Å². The van der Waals surface area contributed by atoms with Crippen LogP contribution in [0.3, 0.4) is 0 Å². The first-order chi connectivity index (χ1) is 8.69. The van der Waals surface area contributed by atoms with Gasteiger partial charge in [0, 0.05) is 16.5 Å². The number of aromatic amines is 1. The number of pyridine rings is 1. The van der Waals surface area contributed by atoms with Gasteiger partial charge in [0.1, 0.15) is 5.56 Å². The van der Waals surface area contributed by atoms with Gasteiger partial charge in [-0.3, -0.25) is 4.79 Å². The van der Waals surface area contributed by atoms with Gasteiger partial charge >= 0.3 is 5.97 Å². The summed E-state index contributed by atoms with van der Waals surface area (Å²) >= 11 is 0. The molecule has 0 unspecified atom stereocenters. The molecule has 0 radical (unpaired) electrons. The van der Waals surface area contributed by atoms with Crippen molar-refractivity contribution in [1.29, 1.82) is 0 Å². The van der Waals surface area contributed by atoms with Crippen molar-refractivity contribution in [1.82, 2.24) is 4.98 Å². The highest BCUT2D eigenvalue weighted by molar-refractivity contribution is 5.96. The van der Waals surface area contributed by atoms with Gasteiger partial charge in [0.25, 0.3) is 5.56 Å². The number of aromatic nitrogens is 1. The monoisotopic (exact) mass is 247 g/mol. The summed E-state index contributed by atoms with van der Waals surface area (Å²) in [4.78, 5) is 26.2. The van der Waals surface area contributed by atoms with Crippen molar-refractivity contribution < 1.29 is 14.6 Å². The summed E-state index contributed by atoms with van der Waals surface area (Å²) in [6.07, 6.45) is 0. The van der Waals surface area contributed by atoms with Crippen LogP contribution in [0.25, 0.3) is 10.9 Å². The molecule has 0 fully saturated rings. The van der Waals surface area contributed by atoms with Crippen LogP contribution < -0.4 is 5.56 Å². The molecule has 5 nitrogen and oxygen atoms in total. The Morgan fingerprint density at radius 2 is 2.11 bits per heavy atom. The Labute approximate surface area is 103 Å². The van der Waals surface area contributed by atoms with Crippen molar-refractivity contribution in [2.24, 2.45) is 0 Å². The lowest BCUT2D eigenvalue weighted by molar-refractivity contribution is 0.0521. The number of fused-ring (bicyclic) bond motifs is 1. The number of hydrogen-bond donors (Lipinski definition) is 2. The molecule has 0 amide bonds. The highest BCUT2D eigenvalue weighted by Gasteiger charge is 2.19. The molecule has 0 saturated heterocycles. The summed E-state index contributed by atoms with van der Waals surface area (Å²) in [6.45, 7) is 1.44. The zero-order valence-corrected chi connectivity index (χ0v) is 9.90. The number of hydrogen-bond acceptors (Lipinski definition) is 4. The summed E-state index contributed by atoms with van der Waals surface area (Å²) < 4.78 is 4.83. The lowest BCUT2D eigenvalue weighted by Crippen LogP contribution is -2.23. The summed E-state index contributed by atoms with van der Waals surface area (Å²) in [6, 6.07) is 6.99. The van der Waals surface area contributed by atoms with E-state index in [-0.39, 0.29) is 12.2 Å². The topological polar surface area (TPSA) is 79.4 Å². The number of aliphatic hydroxyl groups excluding tert-OH is 1. The molecule has 2 rings (SSSR count). The molecule has 1 aromatic carbocycles. The molecule has 1 heterocycles. The van der Waals surface area contributed by atoms with Crippen LogP contribution in [0.2, 0.25) is 0 Å². The van der Waals surface area contributed by atoms with E-state index in [1.165, 1.54) is 0 Å². The molecule has 0 aliphatic carbocycles. The second-order valence-corrected chi connectivity index (χ2v) is 3.73. The van der Waals surface area contributed by atoms with Gasteiger partial charge in [-0.25, -0.2) is 4.79 Å². The van der Waals surface area contributed by atoms with Crippen LogP contribution in [0.5, 0.6) is 0 Å². The minimum Gasteiger partial charge on any atom is -0.462 e. The van der Waals surface area contributed by atoms with Gasteiger partial charge in [-0.15, -0.1) is 0 Å². The molecular formula is C13H13NO4. The molecule has 0 atom stereocenters. The Bertz CT molecular complexity index is 645. The summed E-state index contributed by atoms with van der Waals surface area (Å²) in [5.74, 6) is -0.714. The zero-order valence-electron chi connectivity index (χ0n) is 9.90. The van der Waals surface area contributed by atoms with E-state index in [0.717, 1.165) is 0 Å². The number of aliphatic hydroxyl groups is 1. The van der Waals surface area contributed by atoms with Crippen LogP contribution in [0.1, 0.15) is 22.8 Å². The molecule has 2 N–H and O–H groups in total. The number of esters is 1. The lowest BCUT2D eigenvalue weighted by Gasteiger charge is -2.09. The second kappa shape index (κ2) is 5.01. The predicted molar refractivity (Wildman–Crippen MR) is 66.4 cm³/mol. The number of carbonyl (C=O) groups excluding carboxylic acids is 1. The average Bonchev–Trinajstić information content (AvgIpc) is 2.37. The Balaban J connectivity index is 2.76. The number of rotatable bonds is 3. The van der Waals surface area contributed by atoms with Crippen molar-refractivity contribution >= 4 is 16.9 Å². The summed E-state index contributed by atoms with van der Waals surface area (Å²) in [7, 11) is 0. The average molecular weight is 247 g/mol. The maximum atomic E-state index is 11.9. The van der Waals surface area contributed by atoms with Crippen LogP contribution in [0.15, 0.2) is 29.1 Å². The molecule has 0 aliphatic rings. The van der Waals surface area contributed by atoms with Crippen molar-refractivity contribution in [3.8, 4) is 0 Å². The second-order valence-electron chi connectivity index (χ2n) is 3.73. The minimum absolute atomic E-state index is 0.127. The predicted octanol–water partition coefficient (Wildman–Crippen LogP) is 1.20. The van der Waals surface area contributed by atoms with E-state index >= 15 is 0 Å². The largest absolute Gasteiger partial charge is 0.462 e. The highest BCUT2D eigenvalue weighted by Crippen LogP contribution is 2.18. The van der Waals surface area contributed by atoms with Crippen molar-refractivity contribution in [3.63, 3.8) is 0 Å².